The molecule has 1 heterocycles. The fourth-order valence-electron chi connectivity index (χ4n) is 4.96. The van der Waals surface area contributed by atoms with Gasteiger partial charge in [-0.2, -0.15) is 0 Å². The third-order valence-electron chi connectivity index (χ3n) is 6.25. The van der Waals surface area contributed by atoms with Crippen molar-refractivity contribution < 1.29 is 4.74 Å². The quantitative estimate of drug-likeness (QED) is 0.820. The van der Waals surface area contributed by atoms with Gasteiger partial charge >= 0.3 is 0 Å². The summed E-state index contributed by atoms with van der Waals surface area (Å²) in [5, 5.41) is 3.70. The Bertz CT molecular complexity index is 334. The Morgan fingerprint density at radius 2 is 1.90 bits per heavy atom. The summed E-state index contributed by atoms with van der Waals surface area (Å²) >= 11 is 0. The molecule has 1 saturated heterocycles. The zero-order valence-electron chi connectivity index (χ0n) is 13.7. The predicted octanol–water partition coefficient (Wildman–Crippen LogP) is 4.14. The fraction of sp³-hybridized carbons (Fsp3) is 1.00. The summed E-state index contributed by atoms with van der Waals surface area (Å²) in [6.45, 7) is 9.41. The lowest BCUT2D eigenvalue weighted by molar-refractivity contribution is -0.176. The van der Waals surface area contributed by atoms with Crippen molar-refractivity contribution in [3.63, 3.8) is 0 Å². The summed E-state index contributed by atoms with van der Waals surface area (Å²) in [6, 6.07) is 0. The highest BCUT2D eigenvalue weighted by atomic mass is 16.5. The first-order chi connectivity index (χ1) is 9.49. The van der Waals surface area contributed by atoms with Gasteiger partial charge in [0.2, 0.25) is 0 Å². The zero-order chi connectivity index (χ0) is 14.2. The van der Waals surface area contributed by atoms with Gasteiger partial charge in [0.05, 0.1) is 11.7 Å². The second-order valence-electron chi connectivity index (χ2n) is 8.59. The van der Waals surface area contributed by atoms with Gasteiger partial charge < -0.3 is 10.1 Å². The molecule has 2 saturated carbocycles. The lowest BCUT2D eigenvalue weighted by atomic mass is 9.65. The number of nitrogens with one attached hydrogen (secondary N) is 1. The predicted molar refractivity (Wildman–Crippen MR) is 83.8 cm³/mol. The van der Waals surface area contributed by atoms with Crippen LogP contribution in [0.25, 0.3) is 0 Å². The van der Waals surface area contributed by atoms with Crippen LogP contribution in [0.15, 0.2) is 0 Å². The van der Waals surface area contributed by atoms with Crippen LogP contribution in [0.3, 0.4) is 0 Å². The number of rotatable bonds is 2. The molecule has 2 heteroatoms. The van der Waals surface area contributed by atoms with Crippen molar-refractivity contribution in [1.82, 2.24) is 5.32 Å². The molecule has 3 aliphatic rings. The number of hydrogen-bond acceptors (Lipinski definition) is 2. The van der Waals surface area contributed by atoms with E-state index in [0.717, 1.165) is 19.0 Å². The fourth-order valence-corrected chi connectivity index (χ4v) is 4.96. The number of ether oxygens (including phenoxy) is 1. The smallest absolute Gasteiger partial charge is 0.0836 e. The van der Waals surface area contributed by atoms with Gasteiger partial charge in [0.1, 0.15) is 0 Å². The van der Waals surface area contributed by atoms with Crippen molar-refractivity contribution in [2.75, 3.05) is 13.1 Å². The molecule has 116 valence electrons. The van der Waals surface area contributed by atoms with E-state index >= 15 is 0 Å². The molecule has 20 heavy (non-hydrogen) atoms. The normalized spacial score (nSPS) is 42.1. The molecule has 1 N–H and O–H groups in total. The zero-order valence-corrected chi connectivity index (χ0v) is 13.7. The molecule has 3 rings (SSSR count). The van der Waals surface area contributed by atoms with E-state index in [4.69, 9.17) is 4.74 Å². The van der Waals surface area contributed by atoms with Crippen molar-refractivity contribution in [3.8, 4) is 0 Å². The second kappa shape index (κ2) is 5.61. The first-order valence-corrected chi connectivity index (χ1v) is 8.88. The Kier molecular flexibility index (Phi) is 4.16. The summed E-state index contributed by atoms with van der Waals surface area (Å²) in [7, 11) is 0. The average Bonchev–Trinajstić information content (AvgIpc) is 2.88. The van der Waals surface area contributed by atoms with Gasteiger partial charge in [0.15, 0.2) is 0 Å². The summed E-state index contributed by atoms with van der Waals surface area (Å²) in [5.41, 5.74) is 0.642. The maximum Gasteiger partial charge on any atom is 0.0836 e. The Morgan fingerprint density at radius 3 is 2.60 bits per heavy atom. The number of morpholine rings is 1. The topological polar surface area (TPSA) is 21.3 Å². The molecule has 0 amide bonds. The van der Waals surface area contributed by atoms with E-state index in [1.54, 1.807) is 0 Å². The maximum atomic E-state index is 6.72. The molecule has 3 fully saturated rings. The van der Waals surface area contributed by atoms with Gasteiger partial charge in [0, 0.05) is 13.1 Å². The van der Waals surface area contributed by atoms with Crippen molar-refractivity contribution >= 4 is 0 Å². The van der Waals surface area contributed by atoms with Crippen LogP contribution in [0.4, 0.5) is 0 Å². The van der Waals surface area contributed by atoms with Crippen molar-refractivity contribution in [2.24, 2.45) is 17.3 Å². The van der Waals surface area contributed by atoms with Crippen molar-refractivity contribution in [3.05, 3.63) is 0 Å². The largest absolute Gasteiger partial charge is 0.369 e. The molecule has 0 bridgehead atoms. The standard InChI is InChI=1S/C18H33NO/c1-14-11-17(2,3)8-9-18(14)13-19-12-16(20-18)10-15-6-4-5-7-15/h14-16,19H,4-13H2,1-3H3. The Hall–Kier alpha value is -0.0800. The Labute approximate surface area is 125 Å². The molecular formula is C18H33NO. The highest BCUT2D eigenvalue weighted by Gasteiger charge is 2.47. The molecule has 0 radical (unpaired) electrons. The number of hydrogen-bond donors (Lipinski definition) is 1. The van der Waals surface area contributed by atoms with Gasteiger partial charge in [-0.05, 0) is 42.9 Å². The van der Waals surface area contributed by atoms with Gasteiger partial charge in [-0.3, -0.25) is 0 Å². The maximum absolute atomic E-state index is 6.72. The second-order valence-corrected chi connectivity index (χ2v) is 8.59. The molecule has 0 aromatic heterocycles. The van der Waals surface area contributed by atoms with E-state index in [1.165, 1.54) is 51.4 Å². The minimum absolute atomic E-state index is 0.136. The van der Waals surface area contributed by atoms with E-state index < -0.39 is 0 Å². The molecule has 1 aliphatic heterocycles. The van der Waals surface area contributed by atoms with Crippen LogP contribution in [0.5, 0.6) is 0 Å². The first-order valence-electron chi connectivity index (χ1n) is 8.88. The first kappa shape index (κ1) is 14.8. The highest BCUT2D eigenvalue weighted by molar-refractivity contribution is 4.99. The Balaban J connectivity index is 1.62. The lowest BCUT2D eigenvalue weighted by Crippen LogP contribution is -2.59. The molecule has 2 nitrogen and oxygen atoms in total. The molecule has 3 atom stereocenters. The van der Waals surface area contributed by atoms with Crippen LogP contribution in [-0.2, 0) is 4.74 Å². The van der Waals surface area contributed by atoms with E-state index in [9.17, 15) is 0 Å². The SMILES string of the molecule is CC1CC(C)(C)CCC12CNCC(CC1CCCC1)O2. The molecule has 0 aromatic carbocycles. The average molecular weight is 279 g/mol. The summed E-state index contributed by atoms with van der Waals surface area (Å²) in [5.74, 6) is 1.62. The summed E-state index contributed by atoms with van der Waals surface area (Å²) < 4.78 is 6.72. The van der Waals surface area contributed by atoms with Gasteiger partial charge in [-0.1, -0.05) is 46.5 Å². The van der Waals surface area contributed by atoms with E-state index in [1.807, 2.05) is 0 Å². The van der Waals surface area contributed by atoms with Crippen molar-refractivity contribution in [1.29, 1.82) is 0 Å². The molecule has 2 aliphatic carbocycles. The summed E-state index contributed by atoms with van der Waals surface area (Å²) in [6.07, 6.45) is 11.4. The van der Waals surface area contributed by atoms with Crippen LogP contribution in [-0.4, -0.2) is 24.8 Å². The van der Waals surface area contributed by atoms with Gasteiger partial charge in [0.25, 0.3) is 0 Å². The van der Waals surface area contributed by atoms with Gasteiger partial charge in [-0.25, -0.2) is 0 Å². The monoisotopic (exact) mass is 279 g/mol. The minimum atomic E-state index is 0.136. The van der Waals surface area contributed by atoms with Crippen LogP contribution < -0.4 is 5.32 Å². The van der Waals surface area contributed by atoms with Crippen LogP contribution in [0.2, 0.25) is 0 Å². The Morgan fingerprint density at radius 1 is 1.15 bits per heavy atom. The molecule has 1 spiro atoms. The van der Waals surface area contributed by atoms with E-state index in [2.05, 4.69) is 26.1 Å². The van der Waals surface area contributed by atoms with Gasteiger partial charge in [-0.15, -0.1) is 0 Å². The third kappa shape index (κ3) is 3.06. The summed E-state index contributed by atoms with van der Waals surface area (Å²) in [4.78, 5) is 0. The minimum Gasteiger partial charge on any atom is -0.369 e. The lowest BCUT2D eigenvalue weighted by Gasteiger charge is -2.52. The highest BCUT2D eigenvalue weighted by Crippen LogP contribution is 2.47. The third-order valence-corrected chi connectivity index (χ3v) is 6.25. The van der Waals surface area contributed by atoms with Crippen LogP contribution in [0, 0.1) is 17.3 Å². The van der Waals surface area contributed by atoms with E-state index in [-0.39, 0.29) is 5.60 Å². The van der Waals surface area contributed by atoms with Crippen LogP contribution >= 0.6 is 0 Å². The molecular weight excluding hydrogens is 246 g/mol. The van der Waals surface area contributed by atoms with E-state index in [0.29, 0.717) is 17.4 Å². The molecule has 0 aromatic rings. The van der Waals surface area contributed by atoms with Crippen LogP contribution in [0.1, 0.15) is 72.1 Å². The van der Waals surface area contributed by atoms with Crippen molar-refractivity contribution in [2.45, 2.75) is 83.8 Å². The molecule has 3 unspecified atom stereocenters.